The molecule has 0 aliphatic heterocycles. The number of aromatic amines is 1. The van der Waals surface area contributed by atoms with E-state index < -0.39 is 5.60 Å². The summed E-state index contributed by atoms with van der Waals surface area (Å²) >= 11 is 0. The number of hydrogen-bond acceptors (Lipinski definition) is 3. The van der Waals surface area contributed by atoms with Gasteiger partial charge in [0, 0.05) is 18.2 Å². The van der Waals surface area contributed by atoms with E-state index in [4.69, 9.17) is 4.74 Å². The molecule has 19 heavy (non-hydrogen) atoms. The zero-order chi connectivity index (χ0) is 13.9. The van der Waals surface area contributed by atoms with Gasteiger partial charge in [-0.05, 0) is 20.8 Å². The molecule has 2 aromatic rings. The lowest BCUT2D eigenvalue weighted by Crippen LogP contribution is -2.28. The maximum atomic E-state index is 11.8. The average molecular weight is 258 g/mol. The molecule has 0 saturated heterocycles. The summed E-state index contributed by atoms with van der Waals surface area (Å²) in [4.78, 5) is 19.0. The van der Waals surface area contributed by atoms with Crippen molar-refractivity contribution in [2.75, 3.05) is 6.61 Å². The van der Waals surface area contributed by atoms with Gasteiger partial charge < -0.3 is 9.72 Å². The minimum Gasteiger partial charge on any atom is -0.368 e. The molecule has 1 N–H and O–H groups in total. The average Bonchev–Trinajstić information content (AvgIpc) is 2.39. The van der Waals surface area contributed by atoms with Crippen LogP contribution in [0.2, 0.25) is 0 Å². The predicted molar refractivity (Wildman–Crippen MR) is 74.9 cm³/mol. The Kier molecular flexibility index (Phi) is 3.81. The van der Waals surface area contributed by atoms with Crippen LogP contribution in [0.5, 0.6) is 0 Å². The lowest BCUT2D eigenvalue weighted by molar-refractivity contribution is -0.0209. The van der Waals surface area contributed by atoms with E-state index in [2.05, 4.69) is 9.97 Å². The number of nitrogens with zero attached hydrogens (tertiary/aromatic N) is 1. The third-order valence-electron chi connectivity index (χ3n) is 2.89. The van der Waals surface area contributed by atoms with Crippen molar-refractivity contribution in [1.82, 2.24) is 9.97 Å². The molecule has 0 unspecified atom stereocenters. The van der Waals surface area contributed by atoms with Crippen molar-refractivity contribution < 1.29 is 4.74 Å². The van der Waals surface area contributed by atoms with Gasteiger partial charge >= 0.3 is 0 Å². The minimum absolute atomic E-state index is 0.170. The Bertz CT molecular complexity index is 603. The highest BCUT2D eigenvalue weighted by molar-refractivity contribution is 5.58. The number of ether oxygens (including phenoxy) is 1. The van der Waals surface area contributed by atoms with E-state index in [1.807, 2.05) is 51.1 Å². The van der Waals surface area contributed by atoms with Crippen LogP contribution >= 0.6 is 0 Å². The van der Waals surface area contributed by atoms with Crippen molar-refractivity contribution in [2.45, 2.75) is 26.4 Å². The molecule has 2 rings (SSSR count). The van der Waals surface area contributed by atoms with Crippen LogP contribution in [0.3, 0.4) is 0 Å². The summed E-state index contributed by atoms with van der Waals surface area (Å²) < 4.78 is 5.63. The summed E-state index contributed by atoms with van der Waals surface area (Å²) in [6.07, 6.45) is 0. The van der Waals surface area contributed by atoms with Crippen LogP contribution in [-0.4, -0.2) is 16.6 Å². The molecule has 4 nitrogen and oxygen atoms in total. The first-order valence-electron chi connectivity index (χ1n) is 6.34. The number of H-pyrrole nitrogens is 1. The van der Waals surface area contributed by atoms with Crippen LogP contribution in [0.4, 0.5) is 0 Å². The van der Waals surface area contributed by atoms with Crippen molar-refractivity contribution >= 4 is 0 Å². The first-order valence-corrected chi connectivity index (χ1v) is 6.34. The van der Waals surface area contributed by atoms with Crippen molar-refractivity contribution in [1.29, 1.82) is 0 Å². The second kappa shape index (κ2) is 5.36. The normalized spacial score (nSPS) is 11.5. The Morgan fingerprint density at radius 1 is 1.26 bits per heavy atom. The van der Waals surface area contributed by atoms with Crippen LogP contribution in [0.1, 0.15) is 26.6 Å². The van der Waals surface area contributed by atoms with Gasteiger partial charge in [0.05, 0.1) is 5.69 Å². The van der Waals surface area contributed by atoms with E-state index in [9.17, 15) is 4.79 Å². The van der Waals surface area contributed by atoms with E-state index in [1.54, 1.807) is 0 Å². The Morgan fingerprint density at radius 2 is 1.95 bits per heavy atom. The molecule has 0 fully saturated rings. The maximum absolute atomic E-state index is 11.8. The first kappa shape index (κ1) is 13.5. The second-order valence-corrected chi connectivity index (χ2v) is 4.79. The van der Waals surface area contributed by atoms with Crippen molar-refractivity contribution in [2.24, 2.45) is 0 Å². The maximum Gasteiger partial charge on any atom is 0.251 e. The minimum atomic E-state index is -0.612. The molecule has 0 aliphatic carbocycles. The van der Waals surface area contributed by atoms with Crippen LogP contribution in [0.15, 0.2) is 41.2 Å². The van der Waals surface area contributed by atoms with Gasteiger partial charge in [0.2, 0.25) is 0 Å². The monoisotopic (exact) mass is 258 g/mol. The second-order valence-electron chi connectivity index (χ2n) is 4.79. The molecule has 0 bridgehead atoms. The Morgan fingerprint density at radius 3 is 2.58 bits per heavy atom. The van der Waals surface area contributed by atoms with Gasteiger partial charge in [-0.1, -0.05) is 30.3 Å². The van der Waals surface area contributed by atoms with Crippen molar-refractivity contribution in [3.8, 4) is 11.3 Å². The fourth-order valence-corrected chi connectivity index (χ4v) is 1.93. The summed E-state index contributed by atoms with van der Waals surface area (Å²) in [5.74, 6) is 0.542. The molecule has 0 aliphatic rings. The summed E-state index contributed by atoms with van der Waals surface area (Å²) in [6.45, 7) is 6.26. The summed E-state index contributed by atoms with van der Waals surface area (Å²) in [7, 11) is 0. The summed E-state index contributed by atoms with van der Waals surface area (Å²) in [5.41, 5.74) is 0.796. The number of rotatable bonds is 4. The molecular formula is C15H18N2O2. The smallest absolute Gasteiger partial charge is 0.251 e. The Balaban J connectivity index is 2.49. The summed E-state index contributed by atoms with van der Waals surface area (Å²) in [6, 6.07) is 11.1. The number of aromatic nitrogens is 2. The van der Waals surface area contributed by atoms with Crippen LogP contribution in [-0.2, 0) is 10.3 Å². The van der Waals surface area contributed by atoms with Gasteiger partial charge in [0.1, 0.15) is 11.4 Å². The third kappa shape index (κ3) is 3.09. The van der Waals surface area contributed by atoms with Crippen molar-refractivity contribution in [3.63, 3.8) is 0 Å². The highest BCUT2D eigenvalue weighted by Gasteiger charge is 2.24. The van der Waals surface area contributed by atoms with E-state index in [0.29, 0.717) is 18.1 Å². The van der Waals surface area contributed by atoms with Gasteiger partial charge in [-0.15, -0.1) is 0 Å². The molecular weight excluding hydrogens is 240 g/mol. The molecule has 0 spiro atoms. The molecule has 4 heteroatoms. The Hall–Kier alpha value is -1.94. The molecule has 1 aromatic carbocycles. The zero-order valence-corrected chi connectivity index (χ0v) is 11.4. The molecule has 1 aromatic heterocycles. The fraction of sp³-hybridized carbons (Fsp3) is 0.333. The number of hydrogen-bond donors (Lipinski definition) is 1. The fourth-order valence-electron chi connectivity index (χ4n) is 1.93. The van der Waals surface area contributed by atoms with E-state index in [-0.39, 0.29) is 5.56 Å². The van der Waals surface area contributed by atoms with E-state index >= 15 is 0 Å². The highest BCUT2D eigenvalue weighted by atomic mass is 16.5. The topological polar surface area (TPSA) is 55.0 Å². The number of benzene rings is 1. The van der Waals surface area contributed by atoms with Crippen LogP contribution in [0, 0.1) is 0 Å². The lowest BCUT2D eigenvalue weighted by atomic mass is 10.1. The van der Waals surface area contributed by atoms with E-state index in [1.165, 1.54) is 6.07 Å². The zero-order valence-electron chi connectivity index (χ0n) is 11.4. The van der Waals surface area contributed by atoms with Gasteiger partial charge in [-0.25, -0.2) is 4.98 Å². The highest BCUT2D eigenvalue weighted by Crippen LogP contribution is 2.22. The number of nitrogens with one attached hydrogen (secondary N) is 1. The van der Waals surface area contributed by atoms with E-state index in [0.717, 1.165) is 5.56 Å². The molecule has 100 valence electrons. The molecule has 0 atom stereocenters. The molecule has 0 amide bonds. The SMILES string of the molecule is CCOC(C)(C)c1nc(-c2ccccc2)cc(=O)[nH]1. The molecule has 0 saturated carbocycles. The first-order chi connectivity index (χ1) is 9.03. The standard InChI is InChI=1S/C15H18N2O2/c1-4-19-15(2,3)14-16-12(10-13(18)17-14)11-8-6-5-7-9-11/h5-10H,4H2,1-3H3,(H,16,17,18). The van der Waals surface area contributed by atoms with Gasteiger partial charge in [-0.3, -0.25) is 4.79 Å². The van der Waals surface area contributed by atoms with Gasteiger partial charge in [-0.2, -0.15) is 0 Å². The molecule has 0 radical (unpaired) electrons. The third-order valence-corrected chi connectivity index (χ3v) is 2.89. The lowest BCUT2D eigenvalue weighted by Gasteiger charge is -2.23. The Labute approximate surface area is 112 Å². The van der Waals surface area contributed by atoms with Gasteiger partial charge in [0.25, 0.3) is 5.56 Å². The molecule has 1 heterocycles. The van der Waals surface area contributed by atoms with Crippen molar-refractivity contribution in [3.05, 3.63) is 52.6 Å². The summed E-state index contributed by atoms with van der Waals surface area (Å²) in [5, 5.41) is 0. The van der Waals surface area contributed by atoms with Gasteiger partial charge in [0.15, 0.2) is 0 Å². The quantitative estimate of drug-likeness (QED) is 0.917. The largest absolute Gasteiger partial charge is 0.368 e. The van der Waals surface area contributed by atoms with Crippen LogP contribution in [0.25, 0.3) is 11.3 Å². The predicted octanol–water partition coefficient (Wildman–Crippen LogP) is 2.71. The van der Waals surface area contributed by atoms with Crippen LogP contribution < -0.4 is 5.56 Å².